The van der Waals surface area contributed by atoms with E-state index in [4.69, 9.17) is 0 Å². The van der Waals surface area contributed by atoms with Gasteiger partial charge in [-0.2, -0.15) is 0 Å². The van der Waals surface area contributed by atoms with E-state index in [0.717, 1.165) is 4.90 Å². The number of rotatable bonds is 15. The first-order valence-electron chi connectivity index (χ1n) is 31.6. The largest absolute Gasteiger partial charge is 0.390 e. The Hall–Kier alpha value is -6.13. The highest BCUT2D eigenvalue weighted by atomic mass is 16.3. The van der Waals surface area contributed by atoms with Crippen LogP contribution in [-0.4, -0.2) is 227 Å². The van der Waals surface area contributed by atoms with Crippen LogP contribution in [0.3, 0.4) is 0 Å². The molecule has 1 saturated heterocycles. The third-order valence-corrected chi connectivity index (χ3v) is 16.6. The standard InChI is InChI=1S/C64H115N11O12/c1-25-27-29-42(15)54(77)53-58(81)67-45(26-2)60(83)69(18)31-28-30-50(76)70(19)46(32-36(3)4)57(80)68-51(40(11)12)63(86)71(20)47(33-37(5)6)56(79)65-43(16)55(78)66-44(17)59(82)72(21)48(34-38(7)8)61(84)73(22)49(35-39(9)10)62(85)74(23)52(41(13)14)64(87)75(53)24/h25,27,36-49,51-54,77H,26,28-35H2,1-24H3,(H,65,79)(H,66,78)(H,67,81)(H,68,80)/b27-25+/t42-,43+,44-,45?,46+,47+,48+,49?,51?,52+,53+,54-/m1/s1. The van der Waals surface area contributed by atoms with Gasteiger partial charge in [-0.1, -0.05) is 109 Å². The minimum absolute atomic E-state index is 0.0694. The van der Waals surface area contributed by atoms with Crippen LogP contribution in [0.4, 0.5) is 0 Å². The lowest BCUT2D eigenvalue weighted by Crippen LogP contribution is -2.63. The number of allylic oxidation sites excluding steroid dienone is 2. The number of nitrogens with zero attached hydrogens (tertiary/aromatic N) is 7. The summed E-state index contributed by atoms with van der Waals surface area (Å²) in [6.45, 7) is 30.2. The number of aliphatic hydroxyl groups excluding tert-OH is 1. The highest BCUT2D eigenvalue weighted by molar-refractivity contribution is 5.99. The number of hydrogen-bond donors (Lipinski definition) is 5. The maximum atomic E-state index is 15.1. The molecule has 1 rings (SSSR count). The molecule has 1 aliphatic rings. The fourth-order valence-electron chi connectivity index (χ4n) is 11.0. The number of likely N-dealkylation sites (N-methyl/N-ethyl adjacent to an activating group) is 7. The van der Waals surface area contributed by atoms with Gasteiger partial charge in [-0.3, -0.25) is 52.7 Å². The van der Waals surface area contributed by atoms with Gasteiger partial charge in [0.05, 0.1) is 6.10 Å². The topological polar surface area (TPSA) is 279 Å². The van der Waals surface area contributed by atoms with E-state index in [1.54, 1.807) is 47.6 Å². The van der Waals surface area contributed by atoms with Crippen molar-refractivity contribution < 1.29 is 57.8 Å². The normalized spacial score (nSPS) is 26.8. The highest BCUT2D eigenvalue weighted by Crippen LogP contribution is 2.26. The van der Waals surface area contributed by atoms with E-state index in [1.165, 1.54) is 92.6 Å². The molecule has 87 heavy (non-hydrogen) atoms. The van der Waals surface area contributed by atoms with Gasteiger partial charge in [0.15, 0.2) is 0 Å². The lowest BCUT2D eigenvalue weighted by atomic mass is 9.91. The van der Waals surface area contributed by atoms with Crippen molar-refractivity contribution >= 4 is 65.0 Å². The summed E-state index contributed by atoms with van der Waals surface area (Å²) in [5.74, 6) is -8.87. The Morgan fingerprint density at radius 3 is 1.36 bits per heavy atom. The second-order valence-electron chi connectivity index (χ2n) is 26.8. The average molecular weight is 1230 g/mol. The third kappa shape index (κ3) is 22.8. The van der Waals surface area contributed by atoms with Gasteiger partial charge in [0.2, 0.25) is 65.0 Å². The van der Waals surface area contributed by atoms with Crippen LogP contribution in [0.1, 0.15) is 169 Å². The molecule has 5 N–H and O–H groups in total. The summed E-state index contributed by atoms with van der Waals surface area (Å²) in [6, 6.07) is -11.9. The Morgan fingerprint density at radius 1 is 0.471 bits per heavy atom. The number of carbonyl (C=O) groups excluding carboxylic acids is 11. The number of carbonyl (C=O) groups is 11. The van der Waals surface area contributed by atoms with Crippen LogP contribution >= 0.6 is 0 Å². The van der Waals surface area contributed by atoms with E-state index in [9.17, 15) is 48.3 Å². The van der Waals surface area contributed by atoms with E-state index in [0.29, 0.717) is 6.42 Å². The second kappa shape index (κ2) is 36.4. The first kappa shape index (κ1) is 78.9. The van der Waals surface area contributed by atoms with Crippen molar-refractivity contribution in [1.82, 2.24) is 55.6 Å². The Balaban J connectivity index is 4.22. The Labute approximate surface area is 521 Å². The van der Waals surface area contributed by atoms with Gasteiger partial charge < -0.3 is 60.7 Å². The SMILES string of the molecule is C/C=C/C[C@@H](C)[C@@H](O)[C@H]1C(=O)NC(CC)C(=O)N(C)CCCC(=O)N(C)[C@@H](CC(C)C)C(=O)NC(C(C)C)C(=O)N(C)[C@@H](CC(C)C)C(=O)N[C@@H](C)C(=O)N[C@H](C)C(=O)N(C)[C@@H](CC(C)C)C(=O)N(C)C(CC(C)C)C(=O)N(C)[C@@H](C(C)C)C(=O)N1C. The van der Waals surface area contributed by atoms with Gasteiger partial charge in [-0.25, -0.2) is 0 Å². The Kier molecular flexibility index (Phi) is 33.0. The molecule has 1 fully saturated rings. The molecule has 23 heteroatoms. The molecular weight excluding hydrogens is 1110 g/mol. The number of aliphatic hydroxyl groups is 1. The van der Waals surface area contributed by atoms with Crippen molar-refractivity contribution in [1.29, 1.82) is 0 Å². The summed E-state index contributed by atoms with van der Waals surface area (Å²) in [5, 5.41) is 23.2. The maximum absolute atomic E-state index is 15.1. The molecule has 0 radical (unpaired) electrons. The molecule has 1 aliphatic heterocycles. The minimum Gasteiger partial charge on any atom is -0.390 e. The van der Waals surface area contributed by atoms with Crippen LogP contribution in [0.25, 0.3) is 0 Å². The molecule has 498 valence electrons. The first-order chi connectivity index (χ1) is 40.2. The van der Waals surface area contributed by atoms with Crippen LogP contribution in [0.15, 0.2) is 12.2 Å². The summed E-state index contributed by atoms with van der Waals surface area (Å²) in [4.78, 5) is 169. The van der Waals surface area contributed by atoms with Gasteiger partial charge in [0.1, 0.15) is 60.4 Å². The lowest BCUT2D eigenvalue weighted by molar-refractivity contribution is -0.157. The molecule has 23 nitrogen and oxygen atoms in total. The summed E-state index contributed by atoms with van der Waals surface area (Å²) in [7, 11) is 10.2. The molecule has 0 aliphatic carbocycles. The molecule has 11 amide bonds. The van der Waals surface area contributed by atoms with E-state index in [1.807, 2.05) is 68.4 Å². The zero-order valence-corrected chi connectivity index (χ0v) is 57.5. The molecule has 1 heterocycles. The van der Waals surface area contributed by atoms with Gasteiger partial charge >= 0.3 is 0 Å². The van der Waals surface area contributed by atoms with Crippen LogP contribution in [0.5, 0.6) is 0 Å². The molecule has 0 aromatic rings. The molecule has 3 unspecified atom stereocenters. The summed E-state index contributed by atoms with van der Waals surface area (Å²) >= 11 is 0. The molecule has 0 bridgehead atoms. The zero-order valence-electron chi connectivity index (χ0n) is 57.5. The number of hydrogen-bond acceptors (Lipinski definition) is 12. The van der Waals surface area contributed by atoms with E-state index >= 15 is 9.59 Å². The molecule has 12 atom stereocenters. The van der Waals surface area contributed by atoms with Crippen molar-refractivity contribution in [3.8, 4) is 0 Å². The quantitative estimate of drug-likeness (QED) is 0.145. The van der Waals surface area contributed by atoms with E-state index < -0.39 is 149 Å². The summed E-state index contributed by atoms with van der Waals surface area (Å²) < 4.78 is 0. The van der Waals surface area contributed by atoms with Crippen molar-refractivity contribution in [3.05, 3.63) is 12.2 Å². The zero-order chi connectivity index (χ0) is 67.4. The maximum Gasteiger partial charge on any atom is 0.246 e. The van der Waals surface area contributed by atoms with Gasteiger partial charge in [0.25, 0.3) is 0 Å². The molecule has 0 spiro atoms. The minimum atomic E-state index is -1.56. The van der Waals surface area contributed by atoms with Crippen LogP contribution in [0, 0.1) is 41.4 Å². The fourth-order valence-corrected chi connectivity index (χ4v) is 11.0. The summed E-state index contributed by atoms with van der Waals surface area (Å²) in [5.41, 5.74) is 0. The predicted octanol–water partition coefficient (Wildman–Crippen LogP) is 4.05. The molecule has 0 aromatic heterocycles. The molecular formula is C64H115N11O12. The van der Waals surface area contributed by atoms with Crippen LogP contribution in [0.2, 0.25) is 0 Å². The van der Waals surface area contributed by atoms with Crippen LogP contribution in [-0.2, 0) is 52.7 Å². The van der Waals surface area contributed by atoms with Crippen molar-refractivity contribution in [3.63, 3.8) is 0 Å². The van der Waals surface area contributed by atoms with Crippen LogP contribution < -0.4 is 21.3 Å². The monoisotopic (exact) mass is 1230 g/mol. The highest BCUT2D eigenvalue weighted by Gasteiger charge is 2.45. The van der Waals surface area contributed by atoms with Gasteiger partial charge in [-0.05, 0) is 107 Å². The molecule has 0 aromatic carbocycles. The fraction of sp³-hybridized carbons (Fsp3) is 0.797. The average Bonchev–Trinajstić information content (AvgIpc) is 1.22. The Bertz CT molecular complexity index is 2360. The number of nitrogens with one attached hydrogen (secondary N) is 4. The number of amides is 11. The third-order valence-electron chi connectivity index (χ3n) is 16.6. The van der Waals surface area contributed by atoms with Crippen molar-refractivity contribution in [2.75, 3.05) is 55.9 Å². The smallest absolute Gasteiger partial charge is 0.246 e. The predicted molar refractivity (Wildman–Crippen MR) is 338 cm³/mol. The summed E-state index contributed by atoms with van der Waals surface area (Å²) in [6.07, 6.45) is 3.43. The Morgan fingerprint density at radius 2 is 0.897 bits per heavy atom. The van der Waals surface area contributed by atoms with Crippen molar-refractivity contribution in [2.24, 2.45) is 41.4 Å². The second-order valence-corrected chi connectivity index (χ2v) is 26.8. The van der Waals surface area contributed by atoms with Crippen molar-refractivity contribution in [2.45, 2.75) is 236 Å². The molecule has 0 saturated carbocycles. The van der Waals surface area contributed by atoms with Gasteiger partial charge in [0, 0.05) is 62.3 Å². The van der Waals surface area contributed by atoms with E-state index in [-0.39, 0.29) is 75.2 Å². The van der Waals surface area contributed by atoms with E-state index in [2.05, 4.69) is 21.3 Å². The first-order valence-corrected chi connectivity index (χ1v) is 31.6. The van der Waals surface area contributed by atoms with Gasteiger partial charge in [-0.15, -0.1) is 0 Å². The lowest BCUT2D eigenvalue weighted by Gasteiger charge is -2.41.